The van der Waals surface area contributed by atoms with Crippen molar-refractivity contribution in [1.82, 2.24) is 5.32 Å². The Bertz CT molecular complexity index is 278. The van der Waals surface area contributed by atoms with Crippen LogP contribution in [-0.2, 0) is 17.9 Å². The van der Waals surface area contributed by atoms with Gasteiger partial charge in [-0.15, -0.1) is 0 Å². The Kier molecular flexibility index (Phi) is 5.97. The minimum Gasteiger partial charge on any atom is -0.377 e. The number of hydrogen-bond donors (Lipinski definition) is 1. The summed E-state index contributed by atoms with van der Waals surface area (Å²) in [7, 11) is 0. The van der Waals surface area contributed by atoms with Gasteiger partial charge in [0.05, 0.1) is 6.61 Å². The minimum absolute atomic E-state index is 0.326. The molecule has 1 aromatic rings. The SMILES string of the molecule is CCOCc1ccccc1CNCCF. The van der Waals surface area contributed by atoms with Gasteiger partial charge in [0.2, 0.25) is 0 Å². The van der Waals surface area contributed by atoms with Gasteiger partial charge in [0.1, 0.15) is 6.67 Å². The third-order valence-corrected chi connectivity index (χ3v) is 2.17. The van der Waals surface area contributed by atoms with Crippen LogP contribution in [0.4, 0.5) is 4.39 Å². The zero-order valence-corrected chi connectivity index (χ0v) is 9.13. The van der Waals surface area contributed by atoms with Crippen LogP contribution in [0.15, 0.2) is 24.3 Å². The van der Waals surface area contributed by atoms with Crippen LogP contribution in [0.25, 0.3) is 0 Å². The first kappa shape index (κ1) is 12.1. The monoisotopic (exact) mass is 211 g/mol. The average molecular weight is 211 g/mol. The number of benzene rings is 1. The number of nitrogens with one attached hydrogen (secondary N) is 1. The maximum atomic E-state index is 11.9. The molecule has 15 heavy (non-hydrogen) atoms. The molecule has 0 aliphatic carbocycles. The van der Waals surface area contributed by atoms with Crippen molar-refractivity contribution in [3.63, 3.8) is 0 Å². The maximum Gasteiger partial charge on any atom is 0.102 e. The third-order valence-electron chi connectivity index (χ3n) is 2.17. The molecule has 0 fully saturated rings. The van der Waals surface area contributed by atoms with Crippen LogP contribution < -0.4 is 5.32 Å². The zero-order chi connectivity index (χ0) is 10.9. The molecular formula is C12H18FNO. The second kappa shape index (κ2) is 7.37. The fourth-order valence-corrected chi connectivity index (χ4v) is 1.37. The van der Waals surface area contributed by atoms with Crippen LogP contribution >= 0.6 is 0 Å². The van der Waals surface area contributed by atoms with Crippen LogP contribution in [0.2, 0.25) is 0 Å². The molecule has 0 amide bonds. The van der Waals surface area contributed by atoms with E-state index in [1.165, 1.54) is 11.1 Å². The van der Waals surface area contributed by atoms with E-state index in [1.807, 2.05) is 31.2 Å². The number of halogens is 1. The highest BCUT2D eigenvalue weighted by Gasteiger charge is 2.00. The Balaban J connectivity index is 2.52. The third kappa shape index (κ3) is 4.40. The topological polar surface area (TPSA) is 21.3 Å². The summed E-state index contributed by atoms with van der Waals surface area (Å²) >= 11 is 0. The standard InChI is InChI=1S/C12H18FNO/c1-2-15-10-12-6-4-3-5-11(12)9-14-8-7-13/h3-6,14H,2,7-10H2,1H3. The van der Waals surface area contributed by atoms with Gasteiger partial charge in [0.15, 0.2) is 0 Å². The Morgan fingerprint density at radius 3 is 2.67 bits per heavy atom. The van der Waals surface area contributed by atoms with E-state index in [4.69, 9.17) is 4.74 Å². The molecule has 0 unspecified atom stereocenters. The van der Waals surface area contributed by atoms with E-state index in [2.05, 4.69) is 5.32 Å². The summed E-state index contributed by atoms with van der Waals surface area (Å²) in [5.41, 5.74) is 2.35. The molecule has 0 saturated heterocycles. The molecule has 1 rings (SSSR count). The molecule has 3 heteroatoms. The van der Waals surface area contributed by atoms with Crippen LogP contribution in [0.5, 0.6) is 0 Å². The van der Waals surface area contributed by atoms with Gasteiger partial charge < -0.3 is 10.1 Å². The second-order valence-electron chi connectivity index (χ2n) is 3.27. The van der Waals surface area contributed by atoms with Crippen LogP contribution in [0.3, 0.4) is 0 Å². The predicted molar refractivity (Wildman–Crippen MR) is 59.5 cm³/mol. The molecule has 1 N–H and O–H groups in total. The molecule has 0 radical (unpaired) electrons. The van der Waals surface area contributed by atoms with Gasteiger partial charge in [0.25, 0.3) is 0 Å². The Labute approximate surface area is 90.4 Å². The van der Waals surface area contributed by atoms with Crippen molar-refractivity contribution in [3.05, 3.63) is 35.4 Å². The Morgan fingerprint density at radius 2 is 2.00 bits per heavy atom. The lowest BCUT2D eigenvalue weighted by molar-refractivity contribution is 0.133. The van der Waals surface area contributed by atoms with E-state index in [-0.39, 0.29) is 6.67 Å². The van der Waals surface area contributed by atoms with Gasteiger partial charge in [-0.05, 0) is 18.1 Å². The highest BCUT2D eigenvalue weighted by molar-refractivity contribution is 5.26. The van der Waals surface area contributed by atoms with E-state index in [0.29, 0.717) is 26.3 Å². The molecule has 0 aromatic heterocycles. The van der Waals surface area contributed by atoms with E-state index in [1.54, 1.807) is 0 Å². The van der Waals surface area contributed by atoms with Gasteiger partial charge >= 0.3 is 0 Å². The second-order valence-corrected chi connectivity index (χ2v) is 3.27. The van der Waals surface area contributed by atoms with Crippen LogP contribution in [0, 0.1) is 0 Å². The van der Waals surface area contributed by atoms with Gasteiger partial charge in [-0.2, -0.15) is 0 Å². The first-order chi connectivity index (χ1) is 7.38. The lowest BCUT2D eigenvalue weighted by Crippen LogP contribution is -2.17. The number of rotatable bonds is 7. The summed E-state index contributed by atoms with van der Waals surface area (Å²) < 4.78 is 17.3. The van der Waals surface area contributed by atoms with Crippen molar-refractivity contribution in [1.29, 1.82) is 0 Å². The van der Waals surface area contributed by atoms with E-state index in [0.717, 1.165) is 0 Å². The minimum atomic E-state index is -0.326. The van der Waals surface area contributed by atoms with Crippen molar-refractivity contribution in [2.24, 2.45) is 0 Å². The Morgan fingerprint density at radius 1 is 1.27 bits per heavy atom. The summed E-state index contributed by atoms with van der Waals surface area (Å²) in [6, 6.07) is 8.07. The van der Waals surface area contributed by atoms with Crippen molar-refractivity contribution >= 4 is 0 Å². The molecule has 0 aliphatic heterocycles. The predicted octanol–water partition coefficient (Wildman–Crippen LogP) is 2.28. The van der Waals surface area contributed by atoms with Gasteiger partial charge in [-0.1, -0.05) is 24.3 Å². The summed E-state index contributed by atoms with van der Waals surface area (Å²) in [5, 5.41) is 3.04. The average Bonchev–Trinajstić information content (AvgIpc) is 2.28. The van der Waals surface area contributed by atoms with E-state index in [9.17, 15) is 4.39 Å². The molecule has 0 atom stereocenters. The summed E-state index contributed by atoms with van der Waals surface area (Å²) in [6.45, 7) is 4.10. The quantitative estimate of drug-likeness (QED) is 0.699. The van der Waals surface area contributed by atoms with Gasteiger partial charge in [0, 0.05) is 19.7 Å². The summed E-state index contributed by atoms with van der Waals surface area (Å²) in [4.78, 5) is 0. The molecule has 1 aromatic carbocycles. The zero-order valence-electron chi connectivity index (χ0n) is 9.13. The first-order valence-corrected chi connectivity index (χ1v) is 5.29. The molecule has 0 spiro atoms. The number of hydrogen-bond acceptors (Lipinski definition) is 2. The van der Waals surface area contributed by atoms with Crippen LogP contribution in [0.1, 0.15) is 18.1 Å². The van der Waals surface area contributed by atoms with Crippen molar-refractivity contribution in [2.45, 2.75) is 20.1 Å². The van der Waals surface area contributed by atoms with E-state index < -0.39 is 0 Å². The number of alkyl halides is 1. The molecule has 0 aliphatic rings. The molecule has 0 bridgehead atoms. The molecule has 0 heterocycles. The fraction of sp³-hybridized carbons (Fsp3) is 0.500. The summed E-state index contributed by atoms with van der Waals surface area (Å²) in [6.07, 6.45) is 0. The highest BCUT2D eigenvalue weighted by atomic mass is 19.1. The maximum absolute atomic E-state index is 11.9. The fourth-order valence-electron chi connectivity index (χ4n) is 1.37. The molecule has 2 nitrogen and oxygen atoms in total. The van der Waals surface area contributed by atoms with Gasteiger partial charge in [-0.3, -0.25) is 0 Å². The molecular weight excluding hydrogens is 193 g/mol. The molecule has 84 valence electrons. The lowest BCUT2D eigenvalue weighted by atomic mass is 10.1. The van der Waals surface area contributed by atoms with Crippen molar-refractivity contribution in [2.75, 3.05) is 19.8 Å². The Hall–Kier alpha value is -0.930. The van der Waals surface area contributed by atoms with Crippen molar-refractivity contribution in [3.8, 4) is 0 Å². The normalized spacial score (nSPS) is 10.5. The van der Waals surface area contributed by atoms with Crippen LogP contribution in [-0.4, -0.2) is 19.8 Å². The lowest BCUT2D eigenvalue weighted by Gasteiger charge is -2.09. The largest absolute Gasteiger partial charge is 0.377 e. The van der Waals surface area contributed by atoms with Crippen molar-refractivity contribution < 1.29 is 9.13 Å². The summed E-state index contributed by atoms with van der Waals surface area (Å²) in [5.74, 6) is 0. The van der Waals surface area contributed by atoms with E-state index >= 15 is 0 Å². The highest BCUT2D eigenvalue weighted by Crippen LogP contribution is 2.09. The molecule has 0 saturated carbocycles. The smallest absolute Gasteiger partial charge is 0.102 e. The first-order valence-electron chi connectivity index (χ1n) is 5.29. The van der Waals surface area contributed by atoms with Gasteiger partial charge in [-0.25, -0.2) is 4.39 Å². The number of ether oxygens (including phenoxy) is 1.